The summed E-state index contributed by atoms with van der Waals surface area (Å²) < 4.78 is 23.4. The Kier molecular flexibility index (Phi) is 6.10. The van der Waals surface area contributed by atoms with Crippen LogP contribution in [0.5, 0.6) is 11.5 Å². The second kappa shape index (κ2) is 8.93. The molecule has 7 nitrogen and oxygen atoms in total. The molecule has 1 aromatic rings. The molecule has 0 aromatic heterocycles. The number of hydrogen-bond acceptors (Lipinski definition) is 7. The Balaban J connectivity index is 1.55. The molecule has 1 aliphatic carbocycles. The third-order valence-corrected chi connectivity index (χ3v) is 8.02. The molecule has 184 valence electrons. The zero-order valence-corrected chi connectivity index (χ0v) is 20.3. The van der Waals surface area contributed by atoms with Crippen LogP contribution in [0.4, 0.5) is 0 Å². The maximum absolute atomic E-state index is 13.4. The summed E-state index contributed by atoms with van der Waals surface area (Å²) in [5.41, 5.74) is 0.437. The number of carbonyl (C=O) groups excluding carboxylic acids is 1. The number of esters is 1. The molecule has 0 unspecified atom stereocenters. The number of ether oxygens (including phenoxy) is 4. The van der Waals surface area contributed by atoms with E-state index < -0.39 is 17.7 Å². The highest BCUT2D eigenvalue weighted by Gasteiger charge is 2.58. The van der Waals surface area contributed by atoms with Crippen LogP contribution in [-0.4, -0.2) is 60.2 Å². The monoisotopic (exact) mass is 469 g/mol. The molecule has 1 fully saturated rings. The summed E-state index contributed by atoms with van der Waals surface area (Å²) >= 11 is 0. The van der Waals surface area contributed by atoms with Gasteiger partial charge in [0, 0.05) is 13.0 Å². The van der Waals surface area contributed by atoms with Crippen molar-refractivity contribution >= 4 is 5.97 Å². The van der Waals surface area contributed by atoms with Crippen LogP contribution in [0, 0.1) is 0 Å². The molecule has 3 aliphatic heterocycles. The van der Waals surface area contributed by atoms with Crippen LogP contribution in [0.3, 0.4) is 0 Å². The minimum atomic E-state index is -1.57. The molecule has 5 rings (SSSR count). The van der Waals surface area contributed by atoms with Gasteiger partial charge in [-0.15, -0.1) is 0 Å². The van der Waals surface area contributed by atoms with Crippen molar-refractivity contribution in [1.29, 1.82) is 0 Å². The largest absolute Gasteiger partial charge is 0.497 e. The summed E-state index contributed by atoms with van der Waals surface area (Å²) in [6.45, 7) is 5.96. The van der Waals surface area contributed by atoms with Crippen LogP contribution in [0.2, 0.25) is 0 Å². The summed E-state index contributed by atoms with van der Waals surface area (Å²) in [5.74, 6) is 1.40. The van der Waals surface area contributed by atoms with Crippen LogP contribution in [0.1, 0.15) is 63.0 Å². The van der Waals surface area contributed by atoms with Gasteiger partial charge in [0.05, 0.1) is 18.6 Å². The Hall–Kier alpha value is -2.51. The second-order valence-electron chi connectivity index (χ2n) is 9.76. The van der Waals surface area contributed by atoms with Gasteiger partial charge in [0.25, 0.3) is 0 Å². The predicted octanol–water partition coefficient (Wildman–Crippen LogP) is 3.84. The molecule has 3 heterocycles. The lowest BCUT2D eigenvalue weighted by molar-refractivity contribution is -0.172. The Morgan fingerprint density at radius 2 is 2.06 bits per heavy atom. The highest BCUT2D eigenvalue weighted by Crippen LogP contribution is 2.55. The normalized spacial score (nSPS) is 29.1. The van der Waals surface area contributed by atoms with Gasteiger partial charge in [0.15, 0.2) is 23.2 Å². The van der Waals surface area contributed by atoms with E-state index in [0.717, 1.165) is 55.8 Å². The Morgan fingerprint density at radius 3 is 2.79 bits per heavy atom. The van der Waals surface area contributed by atoms with Crippen molar-refractivity contribution in [1.82, 2.24) is 4.90 Å². The fraction of sp³-hybridized carbons (Fsp3) is 0.593. The molecule has 0 radical (unpaired) electrons. The Labute approximate surface area is 201 Å². The van der Waals surface area contributed by atoms with Crippen molar-refractivity contribution in [3.8, 4) is 11.5 Å². The van der Waals surface area contributed by atoms with Gasteiger partial charge in [0.2, 0.25) is 6.79 Å². The molecular formula is C27H35NO6. The number of methoxy groups -OCH3 is 1. The Bertz CT molecular complexity index is 1020. The first-order valence-electron chi connectivity index (χ1n) is 12.5. The maximum Gasteiger partial charge on any atom is 0.339 e. The molecule has 1 aromatic carbocycles. The van der Waals surface area contributed by atoms with Crippen molar-refractivity contribution in [2.24, 2.45) is 0 Å². The molecule has 1 saturated heterocycles. The first kappa shape index (κ1) is 23.2. The Morgan fingerprint density at radius 1 is 1.26 bits per heavy atom. The lowest BCUT2D eigenvalue weighted by atomic mass is 9.77. The van der Waals surface area contributed by atoms with Crippen LogP contribution in [-0.2, 0) is 20.7 Å². The molecule has 34 heavy (non-hydrogen) atoms. The number of aliphatic hydroxyl groups is 1. The highest BCUT2D eigenvalue weighted by molar-refractivity contribution is 5.80. The van der Waals surface area contributed by atoms with E-state index in [2.05, 4.69) is 23.1 Å². The SMILES string of the molecule is CC/C=C/C[C@@](O)(CC)C(=O)O[C@@H]1C(OC)=C[C@]23CCCN2CCc2cc4c(cc2[C@H]13)OCO4. The van der Waals surface area contributed by atoms with Crippen LogP contribution >= 0.6 is 0 Å². The number of allylic oxidation sites excluding steroid dienone is 1. The average molecular weight is 470 g/mol. The van der Waals surface area contributed by atoms with Gasteiger partial charge in [-0.3, -0.25) is 4.90 Å². The molecule has 0 amide bonds. The van der Waals surface area contributed by atoms with Crippen molar-refractivity contribution < 1.29 is 28.8 Å². The molecule has 1 N–H and O–H groups in total. The van der Waals surface area contributed by atoms with E-state index in [4.69, 9.17) is 18.9 Å². The quantitative estimate of drug-likeness (QED) is 0.480. The number of hydrogen-bond donors (Lipinski definition) is 1. The first-order valence-corrected chi connectivity index (χ1v) is 12.5. The van der Waals surface area contributed by atoms with Crippen LogP contribution < -0.4 is 9.47 Å². The zero-order chi connectivity index (χ0) is 23.9. The topological polar surface area (TPSA) is 77.5 Å². The van der Waals surface area contributed by atoms with Gasteiger partial charge in [-0.2, -0.15) is 0 Å². The van der Waals surface area contributed by atoms with Gasteiger partial charge in [0.1, 0.15) is 5.76 Å². The van der Waals surface area contributed by atoms with Crippen LogP contribution in [0.25, 0.3) is 0 Å². The van der Waals surface area contributed by atoms with Crippen LogP contribution in [0.15, 0.2) is 36.1 Å². The standard InChI is InChI=1S/C27H35NO6/c1-4-6-7-11-27(30,5-2)25(29)34-24-22(31-3)16-26-10-8-12-28(26)13-9-18-14-20-21(33-17-32-20)15-19(18)23(24)26/h6-7,14-16,23-24,30H,4-5,8-13,17H2,1-3H3/b7-6+/t23-,24-,26+,27+/m1/s1. The second-order valence-corrected chi connectivity index (χ2v) is 9.76. The van der Waals surface area contributed by atoms with Crippen molar-refractivity contribution in [2.75, 3.05) is 27.0 Å². The number of rotatable bonds is 7. The van der Waals surface area contributed by atoms with E-state index in [1.807, 2.05) is 26.0 Å². The van der Waals surface area contributed by atoms with E-state index >= 15 is 0 Å². The van der Waals surface area contributed by atoms with E-state index in [1.165, 1.54) is 5.56 Å². The molecular weight excluding hydrogens is 434 g/mol. The smallest absolute Gasteiger partial charge is 0.339 e. The summed E-state index contributed by atoms with van der Waals surface area (Å²) in [5, 5.41) is 11.2. The van der Waals surface area contributed by atoms with E-state index in [9.17, 15) is 9.90 Å². The number of fused-ring (bicyclic) bond motifs is 3. The summed E-state index contributed by atoms with van der Waals surface area (Å²) in [6.07, 6.45) is 9.64. The van der Waals surface area contributed by atoms with Gasteiger partial charge in [-0.1, -0.05) is 26.0 Å². The van der Waals surface area contributed by atoms with Gasteiger partial charge >= 0.3 is 5.97 Å². The van der Waals surface area contributed by atoms with E-state index in [0.29, 0.717) is 5.76 Å². The van der Waals surface area contributed by atoms with E-state index in [-0.39, 0.29) is 31.1 Å². The van der Waals surface area contributed by atoms with Crippen molar-refractivity contribution in [3.05, 3.63) is 47.2 Å². The first-order chi connectivity index (χ1) is 16.5. The van der Waals surface area contributed by atoms with E-state index in [1.54, 1.807) is 7.11 Å². The lowest BCUT2D eigenvalue weighted by Crippen LogP contribution is -2.48. The van der Waals surface area contributed by atoms with Crippen molar-refractivity contribution in [2.45, 2.75) is 75.5 Å². The lowest BCUT2D eigenvalue weighted by Gasteiger charge is -2.39. The average Bonchev–Trinajstić information content (AvgIpc) is 3.52. The number of benzene rings is 1. The molecule has 1 spiro atoms. The summed E-state index contributed by atoms with van der Waals surface area (Å²) in [6, 6.07) is 4.14. The third kappa shape index (κ3) is 3.60. The van der Waals surface area contributed by atoms with Gasteiger partial charge in [-0.05, 0) is 68.0 Å². The van der Waals surface area contributed by atoms with Crippen molar-refractivity contribution in [3.63, 3.8) is 0 Å². The maximum atomic E-state index is 13.4. The van der Waals surface area contributed by atoms with Gasteiger partial charge in [-0.25, -0.2) is 4.79 Å². The molecule has 0 saturated carbocycles. The third-order valence-electron chi connectivity index (χ3n) is 8.02. The molecule has 4 atom stereocenters. The highest BCUT2D eigenvalue weighted by atomic mass is 16.7. The minimum absolute atomic E-state index is 0.145. The summed E-state index contributed by atoms with van der Waals surface area (Å²) in [4.78, 5) is 15.9. The fourth-order valence-corrected chi connectivity index (χ4v) is 6.14. The minimum Gasteiger partial charge on any atom is -0.497 e. The number of carbonyl (C=O) groups is 1. The summed E-state index contributed by atoms with van der Waals surface area (Å²) in [7, 11) is 1.63. The molecule has 7 heteroatoms. The molecule has 0 bridgehead atoms. The molecule has 4 aliphatic rings. The fourth-order valence-electron chi connectivity index (χ4n) is 6.14. The predicted molar refractivity (Wildman–Crippen MR) is 127 cm³/mol. The number of nitrogens with zero attached hydrogens (tertiary/aromatic N) is 1. The zero-order valence-electron chi connectivity index (χ0n) is 20.3. The van der Waals surface area contributed by atoms with Gasteiger partial charge < -0.3 is 24.1 Å².